The SMILES string of the molecule is CCn1cc2c(n1)c(N)nc1cc(O)ccc12. The van der Waals surface area contributed by atoms with Crippen molar-refractivity contribution in [1.29, 1.82) is 0 Å². The molecule has 0 aliphatic carbocycles. The summed E-state index contributed by atoms with van der Waals surface area (Å²) < 4.78 is 1.83. The van der Waals surface area contributed by atoms with Crippen molar-refractivity contribution >= 4 is 27.6 Å². The molecule has 1 aromatic carbocycles. The minimum absolute atomic E-state index is 0.187. The van der Waals surface area contributed by atoms with Crippen molar-refractivity contribution in [1.82, 2.24) is 14.8 Å². The van der Waals surface area contributed by atoms with E-state index in [2.05, 4.69) is 10.1 Å². The molecule has 0 atom stereocenters. The third kappa shape index (κ3) is 1.39. The maximum Gasteiger partial charge on any atom is 0.152 e. The standard InChI is InChI=1S/C12H12N4O/c1-2-16-6-9-8-4-3-7(17)5-10(8)14-12(13)11(9)15-16/h3-6,17H,2H2,1H3,(H2,13,14). The number of fused-ring (bicyclic) bond motifs is 3. The predicted octanol–water partition coefficient (Wildman–Crippen LogP) is 1.89. The fourth-order valence-electron chi connectivity index (χ4n) is 1.99. The van der Waals surface area contributed by atoms with Crippen LogP contribution in [0.2, 0.25) is 0 Å². The molecule has 0 spiro atoms. The van der Waals surface area contributed by atoms with E-state index in [1.54, 1.807) is 12.1 Å². The first-order chi connectivity index (χ1) is 8.19. The Morgan fingerprint density at radius 1 is 1.35 bits per heavy atom. The molecular weight excluding hydrogens is 216 g/mol. The molecule has 3 N–H and O–H groups in total. The smallest absolute Gasteiger partial charge is 0.152 e. The van der Waals surface area contributed by atoms with Gasteiger partial charge in [0, 0.05) is 29.6 Å². The molecule has 0 amide bonds. The van der Waals surface area contributed by atoms with Crippen molar-refractivity contribution < 1.29 is 5.11 Å². The van der Waals surface area contributed by atoms with Crippen molar-refractivity contribution in [3.8, 4) is 5.75 Å². The van der Waals surface area contributed by atoms with E-state index in [0.29, 0.717) is 16.9 Å². The van der Waals surface area contributed by atoms with Crippen LogP contribution < -0.4 is 5.73 Å². The van der Waals surface area contributed by atoms with Gasteiger partial charge in [-0.1, -0.05) is 0 Å². The van der Waals surface area contributed by atoms with Gasteiger partial charge in [-0.25, -0.2) is 4.98 Å². The number of benzene rings is 1. The largest absolute Gasteiger partial charge is 0.508 e. The fourth-order valence-corrected chi connectivity index (χ4v) is 1.99. The molecule has 0 bridgehead atoms. The zero-order chi connectivity index (χ0) is 12.0. The van der Waals surface area contributed by atoms with Crippen molar-refractivity contribution in [3.05, 3.63) is 24.4 Å². The van der Waals surface area contributed by atoms with Gasteiger partial charge in [0.15, 0.2) is 5.82 Å². The van der Waals surface area contributed by atoms with Crippen LogP contribution in [0.3, 0.4) is 0 Å². The van der Waals surface area contributed by atoms with Gasteiger partial charge in [0.05, 0.1) is 5.52 Å². The molecule has 0 aliphatic heterocycles. The van der Waals surface area contributed by atoms with Gasteiger partial charge in [0.2, 0.25) is 0 Å². The molecule has 5 heteroatoms. The summed E-state index contributed by atoms with van der Waals surface area (Å²) in [6.07, 6.45) is 1.95. The Morgan fingerprint density at radius 3 is 2.94 bits per heavy atom. The number of aromatic nitrogens is 3. The monoisotopic (exact) mass is 228 g/mol. The molecule has 0 saturated heterocycles. The zero-order valence-corrected chi connectivity index (χ0v) is 9.38. The van der Waals surface area contributed by atoms with E-state index in [9.17, 15) is 5.11 Å². The first-order valence-corrected chi connectivity index (χ1v) is 5.44. The van der Waals surface area contributed by atoms with E-state index in [-0.39, 0.29) is 5.75 Å². The number of aryl methyl sites for hydroxylation is 1. The van der Waals surface area contributed by atoms with Crippen molar-refractivity contribution in [2.24, 2.45) is 0 Å². The third-order valence-corrected chi connectivity index (χ3v) is 2.84. The highest BCUT2D eigenvalue weighted by Gasteiger charge is 2.10. The number of anilines is 1. The topological polar surface area (TPSA) is 77.0 Å². The van der Waals surface area contributed by atoms with Gasteiger partial charge in [0.1, 0.15) is 11.3 Å². The summed E-state index contributed by atoms with van der Waals surface area (Å²) in [6.45, 7) is 2.80. The Hall–Kier alpha value is -2.30. The maximum atomic E-state index is 9.44. The lowest BCUT2D eigenvalue weighted by Gasteiger charge is -2.01. The fraction of sp³-hybridized carbons (Fsp3) is 0.167. The van der Waals surface area contributed by atoms with Crippen LogP contribution in [-0.4, -0.2) is 19.9 Å². The number of rotatable bonds is 1. The van der Waals surface area contributed by atoms with Crippen LogP contribution in [0.4, 0.5) is 5.82 Å². The van der Waals surface area contributed by atoms with E-state index in [1.807, 2.05) is 23.9 Å². The lowest BCUT2D eigenvalue weighted by Crippen LogP contribution is -1.95. The summed E-state index contributed by atoms with van der Waals surface area (Å²) in [6, 6.07) is 5.08. The van der Waals surface area contributed by atoms with Gasteiger partial charge < -0.3 is 10.8 Å². The lowest BCUT2D eigenvalue weighted by atomic mass is 10.1. The van der Waals surface area contributed by atoms with Gasteiger partial charge in [-0.3, -0.25) is 4.68 Å². The van der Waals surface area contributed by atoms with Crippen LogP contribution in [0.5, 0.6) is 5.75 Å². The third-order valence-electron chi connectivity index (χ3n) is 2.84. The number of nitrogen functional groups attached to an aromatic ring is 1. The molecule has 2 heterocycles. The molecule has 0 unspecified atom stereocenters. The Kier molecular flexibility index (Phi) is 1.95. The van der Waals surface area contributed by atoms with Gasteiger partial charge in [-0.15, -0.1) is 0 Å². The molecule has 5 nitrogen and oxygen atoms in total. The van der Waals surface area contributed by atoms with Gasteiger partial charge >= 0.3 is 0 Å². The predicted molar refractivity (Wildman–Crippen MR) is 66.8 cm³/mol. The number of phenols is 1. The summed E-state index contributed by atoms with van der Waals surface area (Å²) in [7, 11) is 0. The average molecular weight is 228 g/mol. The number of pyridine rings is 1. The Bertz CT molecular complexity index is 717. The van der Waals surface area contributed by atoms with E-state index < -0.39 is 0 Å². The summed E-state index contributed by atoms with van der Waals surface area (Å²) in [5, 5.41) is 15.7. The van der Waals surface area contributed by atoms with Gasteiger partial charge in [-0.05, 0) is 19.1 Å². The first kappa shape index (κ1) is 9.89. The highest BCUT2D eigenvalue weighted by Crippen LogP contribution is 2.28. The summed E-state index contributed by atoms with van der Waals surface area (Å²) in [5.41, 5.74) is 7.27. The number of phenolic OH excluding ortho intramolecular Hbond substituents is 1. The maximum absolute atomic E-state index is 9.44. The second kappa shape index (κ2) is 3.35. The highest BCUT2D eigenvalue weighted by atomic mass is 16.3. The van der Waals surface area contributed by atoms with E-state index >= 15 is 0 Å². The quantitative estimate of drug-likeness (QED) is 0.666. The molecule has 0 aliphatic rings. The summed E-state index contributed by atoms with van der Waals surface area (Å²) >= 11 is 0. The minimum Gasteiger partial charge on any atom is -0.508 e. The number of hydrogen-bond donors (Lipinski definition) is 2. The number of aromatic hydroxyl groups is 1. The molecule has 0 saturated carbocycles. The Balaban J connectivity index is 2.49. The summed E-state index contributed by atoms with van der Waals surface area (Å²) in [5.74, 6) is 0.580. The first-order valence-electron chi connectivity index (χ1n) is 5.44. The number of nitrogens with zero attached hydrogens (tertiary/aromatic N) is 3. The van der Waals surface area contributed by atoms with Crippen LogP contribution in [-0.2, 0) is 6.54 Å². The minimum atomic E-state index is 0.187. The van der Waals surface area contributed by atoms with Crippen LogP contribution in [0.15, 0.2) is 24.4 Å². The normalized spacial score (nSPS) is 11.4. The van der Waals surface area contributed by atoms with E-state index in [0.717, 1.165) is 17.3 Å². The molecule has 3 aromatic rings. The number of nitrogens with two attached hydrogens (primary N) is 1. The van der Waals surface area contributed by atoms with Crippen LogP contribution in [0.25, 0.3) is 21.8 Å². The summed E-state index contributed by atoms with van der Waals surface area (Å²) in [4.78, 5) is 4.25. The molecule has 3 rings (SSSR count). The van der Waals surface area contributed by atoms with E-state index in [1.165, 1.54) is 0 Å². The second-order valence-corrected chi connectivity index (χ2v) is 3.95. The number of hydrogen-bond acceptors (Lipinski definition) is 4. The molecule has 2 aromatic heterocycles. The lowest BCUT2D eigenvalue weighted by molar-refractivity contribution is 0.476. The van der Waals surface area contributed by atoms with Crippen molar-refractivity contribution in [2.75, 3.05) is 5.73 Å². The Morgan fingerprint density at radius 2 is 2.18 bits per heavy atom. The zero-order valence-electron chi connectivity index (χ0n) is 9.38. The molecular formula is C12H12N4O. The van der Waals surface area contributed by atoms with Gasteiger partial charge in [-0.2, -0.15) is 5.10 Å². The second-order valence-electron chi connectivity index (χ2n) is 3.95. The molecule has 86 valence electrons. The van der Waals surface area contributed by atoms with Crippen LogP contribution in [0, 0.1) is 0 Å². The van der Waals surface area contributed by atoms with Crippen molar-refractivity contribution in [2.45, 2.75) is 13.5 Å². The molecule has 0 fully saturated rings. The molecule has 17 heavy (non-hydrogen) atoms. The average Bonchev–Trinajstić information content (AvgIpc) is 2.73. The highest BCUT2D eigenvalue weighted by molar-refractivity contribution is 6.08. The van der Waals surface area contributed by atoms with Gasteiger partial charge in [0.25, 0.3) is 0 Å². The van der Waals surface area contributed by atoms with Crippen LogP contribution >= 0.6 is 0 Å². The van der Waals surface area contributed by atoms with E-state index in [4.69, 9.17) is 5.73 Å². The Labute approximate surface area is 97.5 Å². The molecule has 0 radical (unpaired) electrons. The van der Waals surface area contributed by atoms with Crippen LogP contribution in [0.1, 0.15) is 6.92 Å². The van der Waals surface area contributed by atoms with Crippen molar-refractivity contribution in [3.63, 3.8) is 0 Å².